The number of hydrogen-bond acceptors (Lipinski definition) is 3. The van der Waals surface area contributed by atoms with Crippen LogP contribution in [0.15, 0.2) is 22.7 Å². The number of halogens is 1. The first kappa shape index (κ1) is 14.8. The van der Waals surface area contributed by atoms with Gasteiger partial charge in [-0.25, -0.2) is 0 Å². The molecule has 0 heterocycles. The van der Waals surface area contributed by atoms with Gasteiger partial charge >= 0.3 is 5.97 Å². The van der Waals surface area contributed by atoms with Gasteiger partial charge in [0.05, 0.1) is 17.5 Å². The summed E-state index contributed by atoms with van der Waals surface area (Å²) >= 11 is 3.25. The summed E-state index contributed by atoms with van der Waals surface area (Å²) in [5.74, 6) is -1.48. The van der Waals surface area contributed by atoms with Gasteiger partial charge in [0.2, 0.25) is 0 Å². The Kier molecular flexibility index (Phi) is 4.32. The molecule has 0 radical (unpaired) electrons. The number of phenolic OH excluding ortho intramolecular Hbond substituents is 1. The maximum atomic E-state index is 12.3. The van der Waals surface area contributed by atoms with Crippen LogP contribution in [0.4, 0.5) is 0 Å². The molecule has 1 aromatic carbocycles. The molecule has 108 valence electrons. The number of benzene rings is 1. The van der Waals surface area contributed by atoms with E-state index in [1.807, 2.05) is 0 Å². The third kappa shape index (κ3) is 3.30. The van der Waals surface area contributed by atoms with E-state index in [-0.39, 0.29) is 17.7 Å². The van der Waals surface area contributed by atoms with Crippen molar-refractivity contribution in [1.29, 1.82) is 0 Å². The third-order valence-electron chi connectivity index (χ3n) is 3.63. The quantitative estimate of drug-likeness (QED) is 0.785. The number of amides is 1. The normalized spacial score (nSPS) is 16.9. The van der Waals surface area contributed by atoms with Crippen molar-refractivity contribution in [3.8, 4) is 5.75 Å². The zero-order valence-electron chi connectivity index (χ0n) is 10.9. The number of hydrogen-bond donors (Lipinski definition) is 3. The highest BCUT2D eigenvalue weighted by atomic mass is 79.9. The smallest absolute Gasteiger partial charge is 0.305 e. The van der Waals surface area contributed by atoms with Crippen LogP contribution >= 0.6 is 15.9 Å². The third-order valence-corrected chi connectivity index (χ3v) is 4.13. The second-order valence-electron chi connectivity index (χ2n) is 5.17. The first-order valence-corrected chi connectivity index (χ1v) is 7.24. The van der Waals surface area contributed by atoms with Gasteiger partial charge in [0.15, 0.2) is 0 Å². The highest BCUT2D eigenvalue weighted by Crippen LogP contribution is 2.33. The number of phenols is 1. The summed E-state index contributed by atoms with van der Waals surface area (Å²) < 4.78 is 0.680. The van der Waals surface area contributed by atoms with Crippen LogP contribution < -0.4 is 5.32 Å². The van der Waals surface area contributed by atoms with Crippen molar-refractivity contribution < 1.29 is 19.8 Å². The Balaban J connectivity index is 2.20. The molecule has 0 aromatic heterocycles. The van der Waals surface area contributed by atoms with Crippen molar-refractivity contribution in [3.63, 3.8) is 0 Å². The SMILES string of the molecule is O=C(O)CC1(NC(=O)c2cc(Br)ccc2O)CCCC1. The minimum absolute atomic E-state index is 0.0898. The van der Waals surface area contributed by atoms with E-state index < -0.39 is 17.4 Å². The van der Waals surface area contributed by atoms with Crippen LogP contribution in [0.1, 0.15) is 42.5 Å². The van der Waals surface area contributed by atoms with Crippen LogP contribution in [-0.2, 0) is 4.79 Å². The van der Waals surface area contributed by atoms with Gasteiger partial charge in [-0.3, -0.25) is 9.59 Å². The molecule has 0 atom stereocenters. The van der Waals surface area contributed by atoms with E-state index in [9.17, 15) is 14.7 Å². The summed E-state index contributed by atoms with van der Waals surface area (Å²) in [6, 6.07) is 4.58. The zero-order chi connectivity index (χ0) is 14.8. The zero-order valence-corrected chi connectivity index (χ0v) is 12.4. The Morgan fingerprint density at radius 1 is 1.30 bits per heavy atom. The molecule has 1 saturated carbocycles. The fourth-order valence-electron chi connectivity index (χ4n) is 2.69. The lowest BCUT2D eigenvalue weighted by Crippen LogP contribution is -2.47. The molecule has 2 rings (SSSR count). The van der Waals surface area contributed by atoms with Gasteiger partial charge in [0, 0.05) is 4.47 Å². The molecule has 1 aromatic rings. The molecule has 0 aliphatic heterocycles. The number of aromatic hydroxyl groups is 1. The first-order chi connectivity index (χ1) is 9.42. The van der Waals surface area contributed by atoms with Gasteiger partial charge in [-0.1, -0.05) is 28.8 Å². The minimum atomic E-state index is -0.925. The van der Waals surface area contributed by atoms with Gasteiger partial charge in [-0.05, 0) is 31.0 Å². The molecule has 5 nitrogen and oxygen atoms in total. The molecule has 20 heavy (non-hydrogen) atoms. The van der Waals surface area contributed by atoms with E-state index in [1.165, 1.54) is 12.1 Å². The van der Waals surface area contributed by atoms with E-state index in [2.05, 4.69) is 21.2 Å². The van der Waals surface area contributed by atoms with Crippen molar-refractivity contribution in [2.75, 3.05) is 0 Å². The van der Waals surface area contributed by atoms with Crippen molar-refractivity contribution in [2.45, 2.75) is 37.6 Å². The number of nitrogens with one attached hydrogen (secondary N) is 1. The van der Waals surface area contributed by atoms with Crippen LogP contribution in [0.5, 0.6) is 5.75 Å². The van der Waals surface area contributed by atoms with Crippen molar-refractivity contribution in [2.24, 2.45) is 0 Å². The Hall–Kier alpha value is -1.56. The highest BCUT2D eigenvalue weighted by molar-refractivity contribution is 9.10. The fourth-order valence-corrected chi connectivity index (χ4v) is 3.05. The number of carboxylic acids is 1. The van der Waals surface area contributed by atoms with E-state index in [1.54, 1.807) is 6.07 Å². The van der Waals surface area contributed by atoms with Crippen LogP contribution in [-0.4, -0.2) is 27.6 Å². The molecule has 1 aliphatic rings. The molecule has 0 saturated heterocycles. The summed E-state index contributed by atoms with van der Waals surface area (Å²) in [7, 11) is 0. The number of aliphatic carboxylic acids is 1. The van der Waals surface area contributed by atoms with Crippen LogP contribution in [0, 0.1) is 0 Å². The van der Waals surface area contributed by atoms with E-state index >= 15 is 0 Å². The van der Waals surface area contributed by atoms with Crippen LogP contribution in [0.3, 0.4) is 0 Å². The molecule has 6 heteroatoms. The average Bonchev–Trinajstić information content (AvgIpc) is 2.79. The molecule has 3 N–H and O–H groups in total. The Morgan fingerprint density at radius 2 is 1.95 bits per heavy atom. The summed E-state index contributed by atoms with van der Waals surface area (Å²) in [5, 5.41) is 21.6. The molecule has 1 fully saturated rings. The lowest BCUT2D eigenvalue weighted by Gasteiger charge is -2.28. The van der Waals surface area contributed by atoms with Gasteiger partial charge < -0.3 is 15.5 Å². The average molecular weight is 342 g/mol. The molecule has 0 unspecified atom stereocenters. The topological polar surface area (TPSA) is 86.6 Å². The van der Waals surface area contributed by atoms with Gasteiger partial charge in [0.25, 0.3) is 5.91 Å². The van der Waals surface area contributed by atoms with Crippen molar-refractivity contribution in [1.82, 2.24) is 5.32 Å². The molecular formula is C14H16BrNO4. The monoisotopic (exact) mass is 341 g/mol. The molecule has 1 amide bonds. The second-order valence-corrected chi connectivity index (χ2v) is 6.09. The van der Waals surface area contributed by atoms with Crippen molar-refractivity contribution in [3.05, 3.63) is 28.2 Å². The molecule has 0 spiro atoms. The number of rotatable bonds is 4. The summed E-state index contributed by atoms with van der Waals surface area (Å²) in [5.41, 5.74) is -0.548. The Morgan fingerprint density at radius 3 is 2.55 bits per heavy atom. The molecule has 1 aliphatic carbocycles. The first-order valence-electron chi connectivity index (χ1n) is 6.45. The molecule has 0 bridgehead atoms. The van der Waals surface area contributed by atoms with E-state index in [4.69, 9.17) is 5.11 Å². The van der Waals surface area contributed by atoms with Gasteiger partial charge in [-0.2, -0.15) is 0 Å². The Bertz CT molecular complexity index is 538. The van der Waals surface area contributed by atoms with E-state index in [0.717, 1.165) is 12.8 Å². The standard InChI is InChI=1S/C14H16BrNO4/c15-9-3-4-11(17)10(7-9)13(20)16-14(8-12(18)19)5-1-2-6-14/h3-4,7,17H,1-2,5-6,8H2,(H,16,20)(H,18,19). The summed E-state index contributed by atoms with van der Waals surface area (Å²) in [4.78, 5) is 23.3. The van der Waals surface area contributed by atoms with Gasteiger partial charge in [-0.15, -0.1) is 0 Å². The summed E-state index contributed by atoms with van der Waals surface area (Å²) in [6.07, 6.45) is 3.02. The predicted molar refractivity (Wildman–Crippen MR) is 76.7 cm³/mol. The van der Waals surface area contributed by atoms with Gasteiger partial charge in [0.1, 0.15) is 5.75 Å². The second kappa shape index (κ2) is 5.83. The number of carbonyl (C=O) groups is 2. The largest absolute Gasteiger partial charge is 0.507 e. The Labute approximate surface area is 125 Å². The summed E-state index contributed by atoms with van der Waals surface area (Å²) in [6.45, 7) is 0. The maximum Gasteiger partial charge on any atom is 0.305 e. The van der Waals surface area contributed by atoms with Crippen LogP contribution in [0.25, 0.3) is 0 Å². The van der Waals surface area contributed by atoms with Crippen LogP contribution in [0.2, 0.25) is 0 Å². The predicted octanol–water partition coefficient (Wildman–Crippen LogP) is 2.67. The van der Waals surface area contributed by atoms with Crippen molar-refractivity contribution >= 4 is 27.8 Å². The molecular weight excluding hydrogens is 326 g/mol. The number of carboxylic acid groups (broad SMARTS) is 1. The lowest BCUT2D eigenvalue weighted by molar-refractivity contribution is -0.138. The minimum Gasteiger partial charge on any atom is -0.507 e. The number of carbonyl (C=O) groups excluding carboxylic acids is 1. The van der Waals surface area contributed by atoms with E-state index in [0.29, 0.717) is 17.3 Å². The highest BCUT2D eigenvalue weighted by Gasteiger charge is 2.37. The fraction of sp³-hybridized carbons (Fsp3) is 0.429. The maximum absolute atomic E-state index is 12.3. The lowest BCUT2D eigenvalue weighted by atomic mass is 9.92.